The topological polar surface area (TPSA) is 29.5 Å². The summed E-state index contributed by atoms with van der Waals surface area (Å²) >= 11 is 0. The van der Waals surface area contributed by atoms with E-state index in [2.05, 4.69) is 31.2 Å². The second-order valence-corrected chi connectivity index (χ2v) is 7.34. The molecule has 1 atom stereocenters. The Bertz CT molecular complexity index is 976. The zero-order valence-corrected chi connectivity index (χ0v) is 15.9. The molecule has 0 aliphatic carbocycles. The van der Waals surface area contributed by atoms with E-state index in [0.717, 1.165) is 22.8 Å². The van der Waals surface area contributed by atoms with E-state index in [1.54, 1.807) is 0 Å². The Morgan fingerprint density at radius 3 is 2.63 bits per heavy atom. The monoisotopic (exact) mass is 359 g/mol. The maximum absolute atomic E-state index is 13.2. The fourth-order valence-corrected chi connectivity index (χ4v) is 4.02. The number of benzene rings is 3. The first kappa shape index (κ1) is 17.7. The molecule has 3 heteroatoms. The molecule has 0 spiro atoms. The predicted octanol–water partition coefficient (Wildman–Crippen LogP) is 5.14. The van der Waals surface area contributed by atoms with Crippen molar-refractivity contribution < 1.29 is 9.53 Å². The molecule has 3 aromatic carbocycles. The highest BCUT2D eigenvalue weighted by atomic mass is 16.5. The normalized spacial score (nSPS) is 18.4. The van der Waals surface area contributed by atoms with Crippen LogP contribution in [0.5, 0.6) is 0 Å². The molecule has 1 unspecified atom stereocenters. The lowest BCUT2D eigenvalue weighted by Gasteiger charge is -2.29. The minimum atomic E-state index is -0.330. The molecule has 0 aromatic heterocycles. The van der Waals surface area contributed by atoms with Crippen molar-refractivity contribution in [2.24, 2.45) is 0 Å². The van der Waals surface area contributed by atoms with Crippen molar-refractivity contribution >= 4 is 16.7 Å². The molecule has 3 nitrogen and oxygen atoms in total. The van der Waals surface area contributed by atoms with Gasteiger partial charge in [-0.25, -0.2) is 0 Å². The van der Waals surface area contributed by atoms with E-state index in [1.807, 2.05) is 54.3 Å². The summed E-state index contributed by atoms with van der Waals surface area (Å²) in [6, 6.07) is 22.4. The summed E-state index contributed by atoms with van der Waals surface area (Å²) < 4.78 is 6.12. The molecule has 0 bridgehead atoms. The van der Waals surface area contributed by atoms with Gasteiger partial charge in [0.25, 0.3) is 5.91 Å². The molecule has 1 amide bonds. The van der Waals surface area contributed by atoms with Gasteiger partial charge in [-0.15, -0.1) is 0 Å². The number of hydrogen-bond donors (Lipinski definition) is 0. The zero-order valence-electron chi connectivity index (χ0n) is 15.9. The Kier molecular flexibility index (Phi) is 4.71. The third kappa shape index (κ3) is 3.24. The average molecular weight is 359 g/mol. The van der Waals surface area contributed by atoms with Gasteiger partial charge < -0.3 is 9.64 Å². The molecular formula is C24H25NO2. The lowest BCUT2D eigenvalue weighted by atomic mass is 9.91. The van der Waals surface area contributed by atoms with Crippen LogP contribution in [0.3, 0.4) is 0 Å². The maximum atomic E-state index is 13.2. The fraction of sp³-hybridized carbons (Fsp3) is 0.292. The van der Waals surface area contributed by atoms with Crippen LogP contribution in [0.4, 0.5) is 0 Å². The van der Waals surface area contributed by atoms with Crippen LogP contribution in [0.1, 0.15) is 41.8 Å². The lowest BCUT2D eigenvalue weighted by Crippen LogP contribution is -2.35. The van der Waals surface area contributed by atoms with Crippen LogP contribution in [0, 0.1) is 0 Å². The molecule has 0 radical (unpaired) electrons. The van der Waals surface area contributed by atoms with Crippen LogP contribution in [0.25, 0.3) is 10.8 Å². The first-order valence-electron chi connectivity index (χ1n) is 9.62. The summed E-state index contributed by atoms with van der Waals surface area (Å²) in [4.78, 5) is 15.2. The Morgan fingerprint density at radius 1 is 1.04 bits per heavy atom. The predicted molar refractivity (Wildman–Crippen MR) is 109 cm³/mol. The Labute approximate surface area is 160 Å². The van der Waals surface area contributed by atoms with Crippen molar-refractivity contribution in [2.75, 3.05) is 13.1 Å². The quantitative estimate of drug-likeness (QED) is 0.631. The first-order chi connectivity index (χ1) is 13.1. The summed E-state index contributed by atoms with van der Waals surface area (Å²) in [5.41, 5.74) is 2.94. The lowest BCUT2D eigenvalue weighted by molar-refractivity contribution is -0.0338. The van der Waals surface area contributed by atoms with E-state index in [4.69, 9.17) is 4.74 Å². The van der Waals surface area contributed by atoms with Crippen molar-refractivity contribution in [1.29, 1.82) is 0 Å². The Balaban J connectivity index is 1.55. The van der Waals surface area contributed by atoms with Gasteiger partial charge in [0.15, 0.2) is 0 Å². The molecule has 0 saturated carbocycles. The second-order valence-electron chi connectivity index (χ2n) is 7.34. The summed E-state index contributed by atoms with van der Waals surface area (Å²) in [6.45, 7) is 6.17. The van der Waals surface area contributed by atoms with Gasteiger partial charge in [0, 0.05) is 18.7 Å². The molecule has 4 rings (SSSR count). The number of fused-ring (bicyclic) bond motifs is 2. The van der Waals surface area contributed by atoms with Gasteiger partial charge in [0.2, 0.25) is 0 Å². The van der Waals surface area contributed by atoms with Gasteiger partial charge in [0.05, 0.1) is 12.2 Å². The number of ether oxygens (including phenoxy) is 1. The van der Waals surface area contributed by atoms with E-state index >= 15 is 0 Å². The van der Waals surface area contributed by atoms with E-state index in [0.29, 0.717) is 19.7 Å². The molecule has 0 saturated heterocycles. The summed E-state index contributed by atoms with van der Waals surface area (Å²) in [5, 5.41) is 2.11. The van der Waals surface area contributed by atoms with Gasteiger partial charge in [-0.3, -0.25) is 4.79 Å². The molecule has 138 valence electrons. The highest BCUT2D eigenvalue weighted by molar-refractivity contribution is 6.07. The highest BCUT2D eigenvalue weighted by Crippen LogP contribution is 2.38. The van der Waals surface area contributed by atoms with Gasteiger partial charge in [-0.2, -0.15) is 0 Å². The number of amides is 1. The summed E-state index contributed by atoms with van der Waals surface area (Å²) in [6.07, 6.45) is 0.786. The molecule has 0 fully saturated rings. The zero-order chi connectivity index (χ0) is 18.9. The van der Waals surface area contributed by atoms with Crippen molar-refractivity contribution in [2.45, 2.75) is 32.5 Å². The molecule has 0 N–H and O–H groups in total. The van der Waals surface area contributed by atoms with E-state index < -0.39 is 0 Å². The van der Waals surface area contributed by atoms with Crippen molar-refractivity contribution in [3.8, 4) is 0 Å². The van der Waals surface area contributed by atoms with Crippen molar-refractivity contribution in [3.05, 3.63) is 83.4 Å². The van der Waals surface area contributed by atoms with E-state index in [1.165, 1.54) is 11.1 Å². The minimum Gasteiger partial charge on any atom is -0.366 e. The van der Waals surface area contributed by atoms with Crippen LogP contribution in [-0.2, 0) is 16.9 Å². The molecule has 3 aromatic rings. The van der Waals surface area contributed by atoms with Gasteiger partial charge in [-0.1, -0.05) is 60.7 Å². The van der Waals surface area contributed by atoms with Crippen LogP contribution < -0.4 is 0 Å². The van der Waals surface area contributed by atoms with Crippen LogP contribution in [-0.4, -0.2) is 23.9 Å². The fourth-order valence-electron chi connectivity index (χ4n) is 4.02. The second kappa shape index (κ2) is 7.16. The van der Waals surface area contributed by atoms with E-state index in [9.17, 15) is 4.79 Å². The SMILES string of the molecule is CCN(CCC1(C)OCc2ccccc21)C(=O)c1cccc2ccccc12. The van der Waals surface area contributed by atoms with Gasteiger partial charge in [0.1, 0.15) is 0 Å². The van der Waals surface area contributed by atoms with Crippen LogP contribution in [0.15, 0.2) is 66.7 Å². The Hall–Kier alpha value is -2.65. The summed E-state index contributed by atoms with van der Waals surface area (Å²) in [7, 11) is 0. The van der Waals surface area contributed by atoms with Crippen LogP contribution >= 0.6 is 0 Å². The molecule has 1 heterocycles. The number of nitrogens with zero attached hydrogens (tertiary/aromatic N) is 1. The molecule has 27 heavy (non-hydrogen) atoms. The number of hydrogen-bond acceptors (Lipinski definition) is 2. The third-order valence-corrected chi connectivity index (χ3v) is 5.68. The largest absolute Gasteiger partial charge is 0.366 e. The van der Waals surface area contributed by atoms with Crippen molar-refractivity contribution in [1.82, 2.24) is 4.90 Å². The van der Waals surface area contributed by atoms with E-state index in [-0.39, 0.29) is 11.5 Å². The molecular weight excluding hydrogens is 334 g/mol. The number of rotatable bonds is 5. The minimum absolute atomic E-state index is 0.0872. The standard InChI is InChI=1S/C24H25NO2/c1-3-25(16-15-24(2)22-14-7-5-10-19(22)17-27-24)23(26)21-13-8-11-18-9-4-6-12-20(18)21/h4-14H,3,15-17H2,1-2H3. The molecule has 1 aliphatic rings. The average Bonchev–Trinajstić information content (AvgIpc) is 3.05. The third-order valence-electron chi connectivity index (χ3n) is 5.68. The Morgan fingerprint density at radius 2 is 1.78 bits per heavy atom. The van der Waals surface area contributed by atoms with Gasteiger partial charge >= 0.3 is 0 Å². The highest BCUT2D eigenvalue weighted by Gasteiger charge is 2.35. The van der Waals surface area contributed by atoms with Crippen molar-refractivity contribution in [3.63, 3.8) is 0 Å². The number of carbonyl (C=O) groups excluding carboxylic acids is 1. The van der Waals surface area contributed by atoms with Gasteiger partial charge in [-0.05, 0) is 48.2 Å². The summed E-state index contributed by atoms with van der Waals surface area (Å²) in [5.74, 6) is 0.0872. The maximum Gasteiger partial charge on any atom is 0.254 e. The molecule has 1 aliphatic heterocycles. The first-order valence-corrected chi connectivity index (χ1v) is 9.62. The number of carbonyl (C=O) groups is 1. The smallest absolute Gasteiger partial charge is 0.254 e. The van der Waals surface area contributed by atoms with Crippen LogP contribution in [0.2, 0.25) is 0 Å².